The van der Waals surface area contributed by atoms with Crippen LogP contribution >= 0.6 is 0 Å². The van der Waals surface area contributed by atoms with Crippen LogP contribution < -0.4 is 11.5 Å². The van der Waals surface area contributed by atoms with Gasteiger partial charge in [0.15, 0.2) is 0 Å². The Bertz CT molecular complexity index is 333. The first-order valence-electron chi connectivity index (χ1n) is 4.59. The number of rotatable bonds is 1. The van der Waals surface area contributed by atoms with E-state index in [0.29, 0.717) is 11.6 Å². The summed E-state index contributed by atoms with van der Waals surface area (Å²) in [5.41, 5.74) is 13.7. The monoisotopic (exact) mass is 178 g/mol. The minimum atomic E-state index is -0.131. The number of fused-ring (bicyclic) bond motifs is 1. The second-order valence-electron chi connectivity index (χ2n) is 3.53. The zero-order valence-electron chi connectivity index (χ0n) is 7.75. The molecule has 0 spiro atoms. The van der Waals surface area contributed by atoms with Crippen molar-refractivity contribution in [3.8, 4) is 0 Å². The Morgan fingerprint density at radius 2 is 2.08 bits per heavy atom. The Morgan fingerprint density at radius 3 is 2.77 bits per heavy atom. The maximum Gasteiger partial charge on any atom is 0.147 e. The Hall–Kier alpha value is -1.16. The summed E-state index contributed by atoms with van der Waals surface area (Å²) >= 11 is 0. The van der Waals surface area contributed by atoms with Crippen LogP contribution in [-0.2, 0) is 12.8 Å². The molecule has 0 aromatic carbocycles. The summed E-state index contributed by atoms with van der Waals surface area (Å²) in [5.74, 6) is 1.29. The Kier molecular flexibility index (Phi) is 1.92. The van der Waals surface area contributed by atoms with Gasteiger partial charge in [0.05, 0.1) is 6.04 Å². The fraction of sp³-hybridized carbons (Fsp3) is 0.556. The zero-order valence-corrected chi connectivity index (χ0v) is 7.75. The van der Waals surface area contributed by atoms with Crippen molar-refractivity contribution in [3.05, 3.63) is 17.1 Å². The molecule has 70 valence electrons. The molecular formula is C9H14N4. The summed E-state index contributed by atoms with van der Waals surface area (Å²) in [4.78, 5) is 8.58. The van der Waals surface area contributed by atoms with Gasteiger partial charge in [-0.3, -0.25) is 0 Å². The molecule has 1 unspecified atom stereocenters. The quantitative estimate of drug-likeness (QED) is 0.659. The minimum absolute atomic E-state index is 0.131. The Labute approximate surface area is 77.4 Å². The number of aromatic nitrogens is 2. The van der Waals surface area contributed by atoms with Crippen LogP contribution in [0.1, 0.15) is 36.5 Å². The molecule has 4 nitrogen and oxygen atoms in total. The predicted molar refractivity (Wildman–Crippen MR) is 51.1 cm³/mol. The highest BCUT2D eigenvalue weighted by atomic mass is 15.0. The third-order valence-electron chi connectivity index (χ3n) is 2.39. The smallest absolute Gasteiger partial charge is 0.147 e. The number of nitrogens with two attached hydrogens (primary N) is 2. The van der Waals surface area contributed by atoms with Gasteiger partial charge in [0, 0.05) is 11.3 Å². The average Bonchev–Trinajstić information content (AvgIpc) is 2.51. The highest BCUT2D eigenvalue weighted by Crippen LogP contribution is 2.24. The van der Waals surface area contributed by atoms with Crippen LogP contribution in [0.15, 0.2) is 0 Å². The zero-order chi connectivity index (χ0) is 9.42. The molecule has 0 saturated carbocycles. The molecule has 1 aliphatic carbocycles. The lowest BCUT2D eigenvalue weighted by Crippen LogP contribution is -2.13. The van der Waals surface area contributed by atoms with Crippen molar-refractivity contribution in [3.63, 3.8) is 0 Å². The number of hydrogen-bond donors (Lipinski definition) is 2. The maximum absolute atomic E-state index is 5.80. The lowest BCUT2D eigenvalue weighted by Gasteiger charge is -2.08. The van der Waals surface area contributed by atoms with E-state index in [2.05, 4.69) is 9.97 Å². The summed E-state index contributed by atoms with van der Waals surface area (Å²) in [6, 6.07) is -0.131. The molecule has 4 N–H and O–H groups in total. The molecule has 0 bridgehead atoms. The van der Waals surface area contributed by atoms with Gasteiger partial charge in [-0.15, -0.1) is 0 Å². The van der Waals surface area contributed by atoms with Crippen molar-refractivity contribution in [2.24, 2.45) is 5.73 Å². The summed E-state index contributed by atoms with van der Waals surface area (Å²) in [5, 5.41) is 0. The molecule has 1 heterocycles. The molecule has 4 heteroatoms. The van der Waals surface area contributed by atoms with Crippen molar-refractivity contribution >= 4 is 5.82 Å². The number of nitrogen functional groups attached to an aromatic ring is 1. The lowest BCUT2D eigenvalue weighted by molar-refractivity contribution is 0.731. The summed E-state index contributed by atoms with van der Waals surface area (Å²) in [6.07, 6.45) is 3.17. The largest absolute Gasteiger partial charge is 0.383 e. The van der Waals surface area contributed by atoms with Gasteiger partial charge in [-0.1, -0.05) is 0 Å². The number of anilines is 1. The van der Waals surface area contributed by atoms with Gasteiger partial charge in [-0.25, -0.2) is 9.97 Å². The first-order valence-corrected chi connectivity index (χ1v) is 4.59. The number of hydrogen-bond acceptors (Lipinski definition) is 4. The molecule has 0 amide bonds. The van der Waals surface area contributed by atoms with Gasteiger partial charge in [-0.2, -0.15) is 0 Å². The minimum Gasteiger partial charge on any atom is -0.383 e. The van der Waals surface area contributed by atoms with E-state index >= 15 is 0 Å². The molecule has 2 rings (SSSR count). The molecular weight excluding hydrogens is 164 g/mol. The first kappa shape index (κ1) is 8.44. The number of nitrogens with zero attached hydrogens (tertiary/aromatic N) is 2. The van der Waals surface area contributed by atoms with E-state index in [0.717, 1.165) is 30.5 Å². The van der Waals surface area contributed by atoms with E-state index in [1.807, 2.05) is 6.92 Å². The van der Waals surface area contributed by atoms with Crippen molar-refractivity contribution in [2.75, 3.05) is 5.73 Å². The fourth-order valence-corrected chi connectivity index (χ4v) is 1.68. The lowest BCUT2D eigenvalue weighted by atomic mass is 10.2. The van der Waals surface area contributed by atoms with Crippen LogP contribution in [0.4, 0.5) is 5.82 Å². The Morgan fingerprint density at radius 1 is 1.31 bits per heavy atom. The van der Waals surface area contributed by atoms with Crippen LogP contribution in [-0.4, -0.2) is 9.97 Å². The highest BCUT2D eigenvalue weighted by molar-refractivity contribution is 5.44. The van der Waals surface area contributed by atoms with Gasteiger partial charge in [-0.05, 0) is 26.2 Å². The number of aryl methyl sites for hydroxylation is 1. The maximum atomic E-state index is 5.80. The van der Waals surface area contributed by atoms with E-state index in [-0.39, 0.29) is 6.04 Å². The van der Waals surface area contributed by atoms with Crippen molar-refractivity contribution in [1.29, 1.82) is 0 Å². The van der Waals surface area contributed by atoms with Gasteiger partial charge in [0.25, 0.3) is 0 Å². The molecule has 0 radical (unpaired) electrons. The van der Waals surface area contributed by atoms with E-state index < -0.39 is 0 Å². The Balaban J connectivity index is 2.49. The van der Waals surface area contributed by atoms with Gasteiger partial charge in [0.1, 0.15) is 11.6 Å². The van der Waals surface area contributed by atoms with Crippen molar-refractivity contribution < 1.29 is 0 Å². The van der Waals surface area contributed by atoms with Gasteiger partial charge >= 0.3 is 0 Å². The van der Waals surface area contributed by atoms with Crippen molar-refractivity contribution in [2.45, 2.75) is 32.2 Å². The highest BCUT2D eigenvalue weighted by Gasteiger charge is 2.18. The van der Waals surface area contributed by atoms with Crippen molar-refractivity contribution in [1.82, 2.24) is 9.97 Å². The van der Waals surface area contributed by atoms with E-state index in [4.69, 9.17) is 11.5 Å². The molecule has 0 saturated heterocycles. The van der Waals surface area contributed by atoms with Gasteiger partial charge < -0.3 is 11.5 Å². The summed E-state index contributed by atoms with van der Waals surface area (Å²) in [7, 11) is 0. The second-order valence-corrected chi connectivity index (χ2v) is 3.53. The molecule has 13 heavy (non-hydrogen) atoms. The summed E-state index contributed by atoms with van der Waals surface area (Å²) < 4.78 is 0. The molecule has 1 aliphatic rings. The van der Waals surface area contributed by atoms with Gasteiger partial charge in [0.2, 0.25) is 0 Å². The molecule has 1 atom stereocenters. The van der Waals surface area contributed by atoms with E-state index in [9.17, 15) is 0 Å². The first-order chi connectivity index (χ1) is 6.18. The molecule has 0 fully saturated rings. The second kappa shape index (κ2) is 2.96. The SMILES string of the molecule is CC(N)c1nc(N)c2c(n1)CCC2. The van der Waals surface area contributed by atoms with E-state index in [1.165, 1.54) is 0 Å². The third kappa shape index (κ3) is 1.37. The van der Waals surface area contributed by atoms with Crippen LogP contribution in [0, 0.1) is 0 Å². The molecule has 0 aliphatic heterocycles. The van der Waals surface area contributed by atoms with Crippen LogP contribution in [0.5, 0.6) is 0 Å². The average molecular weight is 178 g/mol. The van der Waals surface area contributed by atoms with Crippen LogP contribution in [0.25, 0.3) is 0 Å². The predicted octanol–water partition coefficient (Wildman–Crippen LogP) is 0.567. The topological polar surface area (TPSA) is 77.8 Å². The van der Waals surface area contributed by atoms with E-state index in [1.54, 1.807) is 0 Å². The fourth-order valence-electron chi connectivity index (χ4n) is 1.68. The summed E-state index contributed by atoms with van der Waals surface area (Å²) in [6.45, 7) is 1.87. The standard InChI is InChI=1S/C9H14N4/c1-5(10)9-12-7-4-2-3-6(7)8(11)13-9/h5H,2-4,10H2,1H3,(H2,11,12,13). The molecule has 1 aromatic rings. The van der Waals surface area contributed by atoms with Crippen LogP contribution in [0.2, 0.25) is 0 Å². The third-order valence-corrected chi connectivity index (χ3v) is 2.39. The normalized spacial score (nSPS) is 17.1. The molecule has 1 aromatic heterocycles. The van der Waals surface area contributed by atoms with Crippen LogP contribution in [0.3, 0.4) is 0 Å².